The highest BCUT2D eigenvalue weighted by molar-refractivity contribution is 6.36. The predicted molar refractivity (Wildman–Crippen MR) is 103 cm³/mol. The lowest BCUT2D eigenvalue weighted by molar-refractivity contribution is -0.895. The predicted octanol–water partition coefficient (Wildman–Crippen LogP) is 1.97. The standard InChI is InChI=1S/C19H19Cl2N3O2/c20-15-6-7-17(16(21)12-15)22-18(25)13-23-8-10-24(11-9-23)19(26)14-4-2-1-3-5-14/h1-7,12H,8-11,13H2,(H,22,25)/p+1. The minimum atomic E-state index is -0.105. The van der Waals surface area contributed by atoms with Crippen LogP contribution in [0.2, 0.25) is 10.0 Å². The number of carbonyl (C=O) groups excluding carboxylic acids is 2. The van der Waals surface area contributed by atoms with E-state index in [1.54, 1.807) is 18.2 Å². The third kappa shape index (κ3) is 4.75. The van der Waals surface area contributed by atoms with Gasteiger partial charge in [0.2, 0.25) is 0 Å². The maximum atomic E-state index is 12.4. The van der Waals surface area contributed by atoms with Gasteiger partial charge in [-0.1, -0.05) is 41.4 Å². The zero-order valence-corrected chi connectivity index (χ0v) is 15.7. The number of anilines is 1. The molecular weight excluding hydrogens is 373 g/mol. The van der Waals surface area contributed by atoms with Crippen molar-refractivity contribution >= 4 is 40.7 Å². The van der Waals surface area contributed by atoms with E-state index >= 15 is 0 Å². The Morgan fingerprint density at radius 3 is 2.38 bits per heavy atom. The Morgan fingerprint density at radius 1 is 1.04 bits per heavy atom. The fourth-order valence-electron chi connectivity index (χ4n) is 2.98. The summed E-state index contributed by atoms with van der Waals surface area (Å²) >= 11 is 11.9. The third-order valence-electron chi connectivity index (χ3n) is 4.39. The quantitative estimate of drug-likeness (QED) is 0.835. The molecule has 0 bridgehead atoms. The Balaban J connectivity index is 1.49. The van der Waals surface area contributed by atoms with Crippen molar-refractivity contribution in [1.29, 1.82) is 0 Å². The molecule has 0 unspecified atom stereocenters. The summed E-state index contributed by atoms with van der Waals surface area (Å²) in [6.07, 6.45) is 0. The first-order chi connectivity index (χ1) is 12.5. The minimum absolute atomic E-state index is 0.0436. The van der Waals surface area contributed by atoms with Crippen molar-refractivity contribution in [3.63, 3.8) is 0 Å². The van der Waals surface area contributed by atoms with Crippen molar-refractivity contribution in [1.82, 2.24) is 4.90 Å². The second kappa shape index (κ2) is 8.54. The van der Waals surface area contributed by atoms with Gasteiger partial charge < -0.3 is 15.1 Å². The molecule has 3 rings (SSSR count). The molecule has 0 saturated carbocycles. The van der Waals surface area contributed by atoms with Gasteiger partial charge in [-0.2, -0.15) is 0 Å². The molecule has 2 amide bonds. The van der Waals surface area contributed by atoms with Crippen molar-refractivity contribution in [2.24, 2.45) is 0 Å². The molecule has 0 aliphatic carbocycles. The molecule has 1 aliphatic heterocycles. The Hall–Kier alpha value is -2.08. The van der Waals surface area contributed by atoms with Crippen molar-refractivity contribution in [3.8, 4) is 0 Å². The number of hydrogen-bond acceptors (Lipinski definition) is 2. The average molecular weight is 393 g/mol. The summed E-state index contributed by atoms with van der Waals surface area (Å²) in [5, 5.41) is 3.76. The topological polar surface area (TPSA) is 53.9 Å². The van der Waals surface area contributed by atoms with Gasteiger partial charge >= 0.3 is 0 Å². The Bertz CT molecular complexity index is 791. The second-order valence-electron chi connectivity index (χ2n) is 6.26. The van der Waals surface area contributed by atoms with Crippen LogP contribution < -0.4 is 10.2 Å². The normalized spacial score (nSPS) is 14.9. The first-order valence-electron chi connectivity index (χ1n) is 8.46. The van der Waals surface area contributed by atoms with Gasteiger partial charge in [0.25, 0.3) is 11.8 Å². The van der Waals surface area contributed by atoms with Gasteiger partial charge in [-0.05, 0) is 30.3 Å². The highest BCUT2D eigenvalue weighted by atomic mass is 35.5. The largest absolute Gasteiger partial charge is 0.327 e. The van der Waals surface area contributed by atoms with E-state index in [0.29, 0.717) is 40.9 Å². The van der Waals surface area contributed by atoms with Crippen molar-refractivity contribution in [2.75, 3.05) is 38.0 Å². The summed E-state index contributed by atoms with van der Waals surface area (Å²) in [7, 11) is 0. The molecule has 0 atom stereocenters. The molecule has 136 valence electrons. The first-order valence-corrected chi connectivity index (χ1v) is 9.21. The molecular formula is C19H20Cl2N3O2+. The van der Waals surface area contributed by atoms with Gasteiger partial charge in [-0.15, -0.1) is 0 Å². The summed E-state index contributed by atoms with van der Waals surface area (Å²) in [5.74, 6) is -0.0610. The lowest BCUT2D eigenvalue weighted by Crippen LogP contribution is -3.15. The van der Waals surface area contributed by atoms with Gasteiger partial charge in [-0.3, -0.25) is 9.59 Å². The van der Waals surface area contributed by atoms with Crippen LogP contribution in [0, 0.1) is 0 Å². The maximum Gasteiger partial charge on any atom is 0.279 e. The zero-order chi connectivity index (χ0) is 18.5. The molecule has 26 heavy (non-hydrogen) atoms. The van der Waals surface area contributed by atoms with Crippen LogP contribution in [0.4, 0.5) is 5.69 Å². The number of rotatable bonds is 4. The van der Waals surface area contributed by atoms with E-state index in [0.717, 1.165) is 18.0 Å². The molecule has 0 radical (unpaired) electrons. The van der Waals surface area contributed by atoms with E-state index in [4.69, 9.17) is 23.2 Å². The van der Waals surface area contributed by atoms with E-state index in [1.807, 2.05) is 35.2 Å². The summed E-state index contributed by atoms with van der Waals surface area (Å²) in [5.41, 5.74) is 1.25. The number of carbonyl (C=O) groups is 2. The van der Waals surface area contributed by atoms with E-state index in [9.17, 15) is 9.59 Å². The van der Waals surface area contributed by atoms with Gasteiger partial charge in [-0.25, -0.2) is 0 Å². The number of halogens is 2. The van der Waals surface area contributed by atoms with E-state index < -0.39 is 0 Å². The van der Waals surface area contributed by atoms with Gasteiger partial charge in [0.1, 0.15) is 0 Å². The zero-order valence-electron chi connectivity index (χ0n) is 14.2. The molecule has 1 saturated heterocycles. The third-order valence-corrected chi connectivity index (χ3v) is 4.94. The minimum Gasteiger partial charge on any atom is -0.327 e. The fraction of sp³-hybridized carbons (Fsp3) is 0.263. The van der Waals surface area contributed by atoms with Crippen LogP contribution in [0.25, 0.3) is 0 Å². The van der Waals surface area contributed by atoms with Crippen LogP contribution in [0.3, 0.4) is 0 Å². The first kappa shape index (κ1) is 18.7. The smallest absolute Gasteiger partial charge is 0.279 e. The molecule has 5 nitrogen and oxygen atoms in total. The second-order valence-corrected chi connectivity index (χ2v) is 7.10. The molecule has 2 aromatic rings. The molecule has 1 heterocycles. The van der Waals surface area contributed by atoms with Crippen LogP contribution >= 0.6 is 23.2 Å². The van der Waals surface area contributed by atoms with Crippen LogP contribution in [0.5, 0.6) is 0 Å². The van der Waals surface area contributed by atoms with E-state index in [1.165, 1.54) is 0 Å². The van der Waals surface area contributed by atoms with Gasteiger partial charge in [0.05, 0.1) is 36.9 Å². The maximum absolute atomic E-state index is 12.4. The summed E-state index contributed by atoms with van der Waals surface area (Å²) in [4.78, 5) is 27.7. The monoisotopic (exact) mass is 392 g/mol. The molecule has 1 fully saturated rings. The lowest BCUT2D eigenvalue weighted by atomic mass is 10.2. The average Bonchev–Trinajstić information content (AvgIpc) is 2.65. The van der Waals surface area contributed by atoms with Crippen LogP contribution in [-0.2, 0) is 4.79 Å². The summed E-state index contributed by atoms with van der Waals surface area (Å²) in [6, 6.07) is 14.2. The molecule has 2 aromatic carbocycles. The molecule has 0 spiro atoms. The van der Waals surface area contributed by atoms with E-state index in [-0.39, 0.29) is 11.8 Å². The molecule has 7 heteroatoms. The number of quaternary nitrogens is 1. The van der Waals surface area contributed by atoms with Gasteiger partial charge in [0.15, 0.2) is 6.54 Å². The van der Waals surface area contributed by atoms with Gasteiger partial charge in [0, 0.05) is 10.6 Å². The molecule has 1 aliphatic rings. The summed E-state index contributed by atoms with van der Waals surface area (Å²) < 4.78 is 0. The number of nitrogens with one attached hydrogen (secondary N) is 2. The van der Waals surface area contributed by atoms with Crippen LogP contribution in [-0.4, -0.2) is 49.4 Å². The number of hydrogen-bond donors (Lipinski definition) is 2. The fourth-order valence-corrected chi connectivity index (χ4v) is 3.43. The SMILES string of the molecule is O=C(C[NH+]1CCN(C(=O)c2ccccc2)CC1)Nc1ccc(Cl)cc1Cl. The molecule has 2 N–H and O–H groups in total. The number of benzene rings is 2. The number of nitrogens with zero attached hydrogens (tertiary/aromatic N) is 1. The lowest BCUT2D eigenvalue weighted by Gasteiger charge is -2.32. The number of piperazine rings is 1. The van der Waals surface area contributed by atoms with Crippen molar-refractivity contribution < 1.29 is 14.5 Å². The van der Waals surface area contributed by atoms with E-state index in [2.05, 4.69) is 5.32 Å². The van der Waals surface area contributed by atoms with Crippen LogP contribution in [0.1, 0.15) is 10.4 Å². The highest BCUT2D eigenvalue weighted by Crippen LogP contribution is 2.25. The van der Waals surface area contributed by atoms with Crippen LogP contribution in [0.15, 0.2) is 48.5 Å². The highest BCUT2D eigenvalue weighted by Gasteiger charge is 2.25. The summed E-state index contributed by atoms with van der Waals surface area (Å²) in [6.45, 7) is 3.09. The van der Waals surface area contributed by atoms with Crippen molar-refractivity contribution in [2.45, 2.75) is 0 Å². The Morgan fingerprint density at radius 2 is 1.73 bits per heavy atom. The molecule has 0 aromatic heterocycles. The van der Waals surface area contributed by atoms with Crippen molar-refractivity contribution in [3.05, 3.63) is 64.1 Å². The number of amides is 2. The Labute approximate surface area is 162 Å². The Kier molecular flexibility index (Phi) is 6.14.